The van der Waals surface area contributed by atoms with E-state index in [4.69, 9.17) is 0 Å². The molecule has 0 heterocycles. The first-order valence-electron chi connectivity index (χ1n) is 3.21. The van der Waals surface area contributed by atoms with Crippen LogP contribution in [0.3, 0.4) is 0 Å². The maximum absolute atomic E-state index is 12.8. The van der Waals surface area contributed by atoms with Gasteiger partial charge in [0.1, 0.15) is 5.82 Å². The van der Waals surface area contributed by atoms with Crippen molar-refractivity contribution in [1.82, 2.24) is 0 Å². The molecule has 0 atom stereocenters. The van der Waals surface area contributed by atoms with Gasteiger partial charge >= 0.3 is 0 Å². The van der Waals surface area contributed by atoms with Crippen molar-refractivity contribution >= 4 is 12.6 Å². The van der Waals surface area contributed by atoms with Gasteiger partial charge in [-0.1, -0.05) is 13.0 Å². The molecule has 1 aromatic carbocycles. The minimum Gasteiger partial charge on any atom is -0.207 e. The second kappa shape index (κ2) is 3.06. The Kier molecular flexibility index (Phi) is 2.33. The maximum atomic E-state index is 12.8. The quantitative estimate of drug-likeness (QED) is 0.594. The lowest BCUT2D eigenvalue weighted by molar-refractivity contribution is 0.608. The molecule has 0 aliphatic carbocycles. The summed E-state index contributed by atoms with van der Waals surface area (Å²) in [6.07, 6.45) is 0.736. The average molecular weight is 156 g/mol. The van der Waals surface area contributed by atoms with Crippen molar-refractivity contribution < 1.29 is 4.39 Å². The molecule has 0 saturated heterocycles. The Morgan fingerprint density at radius 2 is 2.20 bits per heavy atom. The smallest absolute Gasteiger partial charge is 0.127 e. The number of thiol groups is 1. The van der Waals surface area contributed by atoms with E-state index in [1.165, 1.54) is 6.07 Å². The van der Waals surface area contributed by atoms with Crippen LogP contribution in [-0.2, 0) is 6.42 Å². The van der Waals surface area contributed by atoms with Gasteiger partial charge in [-0.05, 0) is 24.1 Å². The third-order valence-corrected chi connectivity index (χ3v) is 1.70. The fourth-order valence-electron chi connectivity index (χ4n) is 0.823. The lowest BCUT2D eigenvalue weighted by Gasteiger charge is -1.98. The number of hydrogen-bond acceptors (Lipinski definition) is 1. The van der Waals surface area contributed by atoms with Gasteiger partial charge < -0.3 is 0 Å². The second-order valence-corrected chi connectivity index (χ2v) is 2.65. The molecule has 1 rings (SSSR count). The van der Waals surface area contributed by atoms with Gasteiger partial charge in [0, 0.05) is 4.90 Å². The zero-order valence-electron chi connectivity index (χ0n) is 5.76. The number of benzene rings is 1. The van der Waals surface area contributed by atoms with E-state index in [1.54, 1.807) is 12.1 Å². The van der Waals surface area contributed by atoms with Gasteiger partial charge in [-0.25, -0.2) is 4.39 Å². The molecule has 0 radical (unpaired) electrons. The van der Waals surface area contributed by atoms with E-state index in [0.29, 0.717) is 4.90 Å². The molecule has 0 nitrogen and oxygen atoms in total. The molecule has 0 aliphatic heterocycles. The third-order valence-electron chi connectivity index (χ3n) is 1.42. The van der Waals surface area contributed by atoms with E-state index in [1.807, 2.05) is 6.92 Å². The van der Waals surface area contributed by atoms with Gasteiger partial charge in [-0.3, -0.25) is 0 Å². The van der Waals surface area contributed by atoms with Gasteiger partial charge in [0.25, 0.3) is 0 Å². The zero-order valence-corrected chi connectivity index (χ0v) is 6.66. The SMILES string of the molecule is CCc1ccc(S)cc1F. The van der Waals surface area contributed by atoms with Gasteiger partial charge in [-0.15, -0.1) is 12.6 Å². The average Bonchev–Trinajstić information content (AvgIpc) is 1.88. The molecule has 0 unspecified atom stereocenters. The number of rotatable bonds is 1. The summed E-state index contributed by atoms with van der Waals surface area (Å²) in [6, 6.07) is 4.99. The van der Waals surface area contributed by atoms with Crippen LogP contribution in [0.15, 0.2) is 23.1 Å². The molecule has 0 amide bonds. The van der Waals surface area contributed by atoms with Crippen LogP contribution in [0.1, 0.15) is 12.5 Å². The Hall–Kier alpha value is -0.500. The molecule has 10 heavy (non-hydrogen) atoms. The molecule has 0 aliphatic rings. The molecule has 0 aromatic heterocycles. The minimum absolute atomic E-state index is 0.157. The van der Waals surface area contributed by atoms with Crippen LogP contribution in [-0.4, -0.2) is 0 Å². The summed E-state index contributed by atoms with van der Waals surface area (Å²) >= 11 is 4.00. The largest absolute Gasteiger partial charge is 0.207 e. The van der Waals surface area contributed by atoms with Gasteiger partial charge in [0.2, 0.25) is 0 Å². The zero-order chi connectivity index (χ0) is 7.56. The van der Waals surface area contributed by atoms with Crippen molar-refractivity contribution in [2.45, 2.75) is 18.2 Å². The van der Waals surface area contributed by atoms with E-state index < -0.39 is 0 Å². The third kappa shape index (κ3) is 1.51. The van der Waals surface area contributed by atoms with Crippen LogP contribution in [0, 0.1) is 5.82 Å². The van der Waals surface area contributed by atoms with Crippen LogP contribution in [0.4, 0.5) is 4.39 Å². The highest BCUT2D eigenvalue weighted by Gasteiger charge is 1.97. The lowest BCUT2D eigenvalue weighted by Crippen LogP contribution is -1.85. The highest BCUT2D eigenvalue weighted by molar-refractivity contribution is 7.80. The fraction of sp³-hybridized carbons (Fsp3) is 0.250. The summed E-state index contributed by atoms with van der Waals surface area (Å²) < 4.78 is 12.8. The molecule has 1 aromatic rings. The van der Waals surface area contributed by atoms with Gasteiger partial charge in [-0.2, -0.15) is 0 Å². The first-order valence-corrected chi connectivity index (χ1v) is 3.66. The molecule has 0 spiro atoms. The van der Waals surface area contributed by atoms with Crippen LogP contribution in [0.5, 0.6) is 0 Å². The maximum Gasteiger partial charge on any atom is 0.127 e. The summed E-state index contributed by atoms with van der Waals surface area (Å²) in [4.78, 5) is 0.676. The van der Waals surface area contributed by atoms with E-state index in [9.17, 15) is 4.39 Å². The van der Waals surface area contributed by atoms with Crippen molar-refractivity contribution in [2.75, 3.05) is 0 Å². The summed E-state index contributed by atoms with van der Waals surface area (Å²) in [5.41, 5.74) is 0.748. The van der Waals surface area contributed by atoms with Crippen molar-refractivity contribution in [2.24, 2.45) is 0 Å². The van der Waals surface area contributed by atoms with Crippen LogP contribution < -0.4 is 0 Å². The van der Waals surface area contributed by atoms with Crippen LogP contribution in [0.2, 0.25) is 0 Å². The Balaban J connectivity index is 3.07. The first-order chi connectivity index (χ1) is 4.74. The monoisotopic (exact) mass is 156 g/mol. The van der Waals surface area contributed by atoms with Crippen molar-refractivity contribution in [1.29, 1.82) is 0 Å². The first kappa shape index (κ1) is 7.61. The van der Waals surface area contributed by atoms with Gasteiger partial charge in [0.15, 0.2) is 0 Å². The Labute approximate surface area is 65.5 Å². The molecule has 54 valence electrons. The lowest BCUT2D eigenvalue weighted by atomic mass is 10.2. The van der Waals surface area contributed by atoms with Crippen molar-refractivity contribution in [3.8, 4) is 0 Å². The molecule has 0 bridgehead atoms. The van der Waals surface area contributed by atoms with Gasteiger partial charge in [0.05, 0.1) is 0 Å². The predicted molar refractivity (Wildman–Crippen MR) is 43.0 cm³/mol. The van der Waals surface area contributed by atoms with E-state index in [0.717, 1.165) is 12.0 Å². The summed E-state index contributed by atoms with van der Waals surface area (Å²) in [6.45, 7) is 1.93. The molecular formula is C8H9FS. The van der Waals surface area contributed by atoms with Crippen molar-refractivity contribution in [3.05, 3.63) is 29.6 Å². The standard InChI is InChI=1S/C8H9FS/c1-2-6-3-4-7(10)5-8(6)9/h3-5,10H,2H2,1H3. The molecule has 0 saturated carbocycles. The summed E-state index contributed by atoms with van der Waals surface area (Å²) in [5, 5.41) is 0. The Morgan fingerprint density at radius 1 is 1.50 bits per heavy atom. The summed E-state index contributed by atoms with van der Waals surface area (Å²) in [5.74, 6) is -0.157. The van der Waals surface area contributed by atoms with E-state index >= 15 is 0 Å². The molecule has 2 heteroatoms. The van der Waals surface area contributed by atoms with E-state index in [-0.39, 0.29) is 5.82 Å². The highest BCUT2D eigenvalue weighted by Crippen LogP contribution is 2.12. The highest BCUT2D eigenvalue weighted by atomic mass is 32.1. The van der Waals surface area contributed by atoms with Crippen molar-refractivity contribution in [3.63, 3.8) is 0 Å². The van der Waals surface area contributed by atoms with Crippen LogP contribution in [0.25, 0.3) is 0 Å². The normalized spacial score (nSPS) is 9.90. The molecule has 0 N–H and O–H groups in total. The summed E-state index contributed by atoms with van der Waals surface area (Å²) in [7, 11) is 0. The molecular weight excluding hydrogens is 147 g/mol. The van der Waals surface area contributed by atoms with E-state index in [2.05, 4.69) is 12.6 Å². The molecule has 0 fully saturated rings. The number of halogens is 1. The topological polar surface area (TPSA) is 0 Å². The number of hydrogen-bond donors (Lipinski definition) is 1. The fourth-order valence-corrected chi connectivity index (χ4v) is 1.01. The number of aryl methyl sites for hydroxylation is 1. The van der Waals surface area contributed by atoms with Crippen LogP contribution >= 0.6 is 12.6 Å². The second-order valence-electron chi connectivity index (χ2n) is 2.13. The predicted octanol–water partition coefficient (Wildman–Crippen LogP) is 2.68. The Morgan fingerprint density at radius 3 is 2.70 bits per heavy atom. The Bertz CT molecular complexity index is 233. The minimum atomic E-state index is -0.157.